The fourth-order valence-electron chi connectivity index (χ4n) is 1.94. The van der Waals surface area contributed by atoms with Gasteiger partial charge in [0.15, 0.2) is 0 Å². The predicted octanol–water partition coefficient (Wildman–Crippen LogP) is 4.14. The van der Waals surface area contributed by atoms with E-state index in [1.54, 1.807) is 12.1 Å². The van der Waals surface area contributed by atoms with Crippen molar-refractivity contribution in [2.75, 3.05) is 4.72 Å². The Morgan fingerprint density at radius 1 is 1.05 bits per heavy atom. The number of halogens is 1. The van der Waals surface area contributed by atoms with Gasteiger partial charge in [-0.1, -0.05) is 26.0 Å². The van der Waals surface area contributed by atoms with Crippen LogP contribution in [0.25, 0.3) is 0 Å². The van der Waals surface area contributed by atoms with E-state index in [1.165, 1.54) is 24.3 Å². The standard InChI is InChI=1S/C16H18FNO2S/c1-3-12(2)13-4-10-16(11-5-13)21(19,20)18-15-8-6-14(17)7-9-15/h4-12,18H,3H2,1-2H3/t12-/m0/s1. The molecular weight excluding hydrogens is 289 g/mol. The van der Waals surface area contributed by atoms with E-state index in [9.17, 15) is 12.8 Å². The second kappa shape index (κ2) is 6.26. The smallest absolute Gasteiger partial charge is 0.261 e. The number of sulfonamides is 1. The summed E-state index contributed by atoms with van der Waals surface area (Å²) in [5.74, 6) is -0.0114. The first kappa shape index (κ1) is 15.5. The molecule has 0 spiro atoms. The van der Waals surface area contributed by atoms with Crippen molar-refractivity contribution in [2.24, 2.45) is 0 Å². The summed E-state index contributed by atoms with van der Waals surface area (Å²) in [7, 11) is -3.65. The highest BCUT2D eigenvalue weighted by Gasteiger charge is 2.14. The van der Waals surface area contributed by atoms with Crippen molar-refractivity contribution in [1.82, 2.24) is 0 Å². The molecular formula is C16H18FNO2S. The molecule has 0 unspecified atom stereocenters. The molecule has 1 N–H and O–H groups in total. The van der Waals surface area contributed by atoms with Gasteiger partial charge in [-0.3, -0.25) is 4.72 Å². The molecule has 0 aromatic heterocycles. The van der Waals surface area contributed by atoms with E-state index < -0.39 is 15.8 Å². The van der Waals surface area contributed by atoms with Gasteiger partial charge < -0.3 is 0 Å². The average Bonchev–Trinajstić information content (AvgIpc) is 2.49. The molecule has 3 nitrogen and oxygen atoms in total. The van der Waals surface area contributed by atoms with Gasteiger partial charge in [-0.15, -0.1) is 0 Å². The van der Waals surface area contributed by atoms with Crippen molar-refractivity contribution in [3.63, 3.8) is 0 Å². The van der Waals surface area contributed by atoms with Crippen LogP contribution in [0.5, 0.6) is 0 Å². The summed E-state index contributed by atoms with van der Waals surface area (Å²) in [4.78, 5) is 0.193. The van der Waals surface area contributed by atoms with E-state index in [4.69, 9.17) is 0 Å². The number of hydrogen-bond donors (Lipinski definition) is 1. The highest BCUT2D eigenvalue weighted by molar-refractivity contribution is 7.92. The largest absolute Gasteiger partial charge is 0.280 e. The Kier molecular flexibility index (Phi) is 4.63. The van der Waals surface area contributed by atoms with Crippen LogP contribution in [0.3, 0.4) is 0 Å². The van der Waals surface area contributed by atoms with Crippen molar-refractivity contribution in [2.45, 2.75) is 31.1 Å². The van der Waals surface area contributed by atoms with Gasteiger partial charge in [0.2, 0.25) is 0 Å². The molecule has 2 aromatic rings. The van der Waals surface area contributed by atoms with Gasteiger partial charge >= 0.3 is 0 Å². The minimum atomic E-state index is -3.65. The molecule has 0 aliphatic heterocycles. The molecule has 0 aliphatic carbocycles. The van der Waals surface area contributed by atoms with Gasteiger partial charge in [0.1, 0.15) is 5.82 Å². The van der Waals surface area contributed by atoms with Gasteiger partial charge in [0.05, 0.1) is 4.90 Å². The lowest BCUT2D eigenvalue weighted by Gasteiger charge is -2.11. The fraction of sp³-hybridized carbons (Fsp3) is 0.250. The maximum atomic E-state index is 12.8. The van der Waals surface area contributed by atoms with E-state index in [2.05, 4.69) is 18.6 Å². The SMILES string of the molecule is CC[C@H](C)c1ccc(S(=O)(=O)Nc2ccc(F)cc2)cc1. The third-order valence-corrected chi connectivity index (χ3v) is 4.87. The summed E-state index contributed by atoms with van der Waals surface area (Å²) < 4.78 is 39.7. The van der Waals surface area contributed by atoms with Crippen molar-refractivity contribution in [3.05, 3.63) is 59.9 Å². The van der Waals surface area contributed by atoms with Crippen LogP contribution in [0.1, 0.15) is 31.7 Å². The topological polar surface area (TPSA) is 46.2 Å². The first-order valence-electron chi connectivity index (χ1n) is 6.80. The van der Waals surface area contributed by atoms with E-state index in [-0.39, 0.29) is 4.90 Å². The summed E-state index contributed by atoms with van der Waals surface area (Å²) in [5.41, 5.74) is 1.45. The highest BCUT2D eigenvalue weighted by Crippen LogP contribution is 2.22. The number of nitrogens with one attached hydrogen (secondary N) is 1. The maximum Gasteiger partial charge on any atom is 0.261 e. The van der Waals surface area contributed by atoms with E-state index >= 15 is 0 Å². The van der Waals surface area contributed by atoms with Crippen molar-refractivity contribution in [3.8, 4) is 0 Å². The molecule has 0 bridgehead atoms. The lowest BCUT2D eigenvalue weighted by molar-refractivity contribution is 0.601. The van der Waals surface area contributed by atoms with E-state index in [0.29, 0.717) is 11.6 Å². The highest BCUT2D eigenvalue weighted by atomic mass is 32.2. The Morgan fingerprint density at radius 3 is 2.14 bits per heavy atom. The molecule has 2 aromatic carbocycles. The summed E-state index contributed by atoms with van der Waals surface area (Å²) in [5, 5.41) is 0. The molecule has 0 saturated heterocycles. The molecule has 5 heteroatoms. The third kappa shape index (κ3) is 3.82. The van der Waals surface area contributed by atoms with Crippen LogP contribution < -0.4 is 4.72 Å². The molecule has 0 aliphatic rings. The quantitative estimate of drug-likeness (QED) is 0.902. The fourth-order valence-corrected chi connectivity index (χ4v) is 3.00. The molecule has 1 atom stereocenters. The Hall–Kier alpha value is -1.88. The van der Waals surface area contributed by atoms with Crippen molar-refractivity contribution < 1.29 is 12.8 Å². The molecule has 0 saturated carbocycles. The van der Waals surface area contributed by atoms with Crippen LogP contribution >= 0.6 is 0 Å². The first-order valence-corrected chi connectivity index (χ1v) is 8.29. The van der Waals surface area contributed by atoms with Crippen LogP contribution in [-0.4, -0.2) is 8.42 Å². The van der Waals surface area contributed by atoms with Gasteiger partial charge in [-0.05, 0) is 54.3 Å². The molecule has 112 valence electrons. The Balaban J connectivity index is 2.21. The molecule has 0 amide bonds. The molecule has 21 heavy (non-hydrogen) atoms. The molecule has 0 heterocycles. The zero-order valence-electron chi connectivity index (χ0n) is 12.0. The van der Waals surface area contributed by atoms with Crippen LogP contribution in [-0.2, 0) is 10.0 Å². The van der Waals surface area contributed by atoms with E-state index in [1.807, 2.05) is 12.1 Å². The zero-order chi connectivity index (χ0) is 15.5. The minimum absolute atomic E-state index is 0.193. The lowest BCUT2D eigenvalue weighted by atomic mass is 9.99. The van der Waals surface area contributed by atoms with Crippen LogP contribution in [0.15, 0.2) is 53.4 Å². The van der Waals surface area contributed by atoms with Crippen LogP contribution in [0.2, 0.25) is 0 Å². The summed E-state index contributed by atoms with van der Waals surface area (Å²) in [6.07, 6.45) is 1.000. The third-order valence-electron chi connectivity index (χ3n) is 3.47. The Labute approximate surface area is 124 Å². The zero-order valence-corrected chi connectivity index (χ0v) is 12.8. The number of anilines is 1. The van der Waals surface area contributed by atoms with E-state index in [0.717, 1.165) is 12.0 Å². The molecule has 0 radical (unpaired) electrons. The monoisotopic (exact) mass is 307 g/mol. The molecule has 2 rings (SSSR count). The van der Waals surface area contributed by atoms with Gasteiger partial charge in [-0.2, -0.15) is 0 Å². The van der Waals surface area contributed by atoms with Gasteiger partial charge in [-0.25, -0.2) is 12.8 Å². The van der Waals surface area contributed by atoms with Crippen LogP contribution in [0.4, 0.5) is 10.1 Å². The van der Waals surface area contributed by atoms with Crippen molar-refractivity contribution >= 4 is 15.7 Å². The lowest BCUT2D eigenvalue weighted by Crippen LogP contribution is -2.13. The van der Waals surface area contributed by atoms with Gasteiger partial charge in [0.25, 0.3) is 10.0 Å². The summed E-state index contributed by atoms with van der Waals surface area (Å²) in [6, 6.07) is 12.0. The minimum Gasteiger partial charge on any atom is -0.280 e. The number of rotatable bonds is 5. The summed E-state index contributed by atoms with van der Waals surface area (Å²) >= 11 is 0. The maximum absolute atomic E-state index is 12.8. The Morgan fingerprint density at radius 2 is 1.62 bits per heavy atom. The predicted molar refractivity (Wildman–Crippen MR) is 82.4 cm³/mol. The Bertz CT molecular complexity index is 694. The summed E-state index contributed by atoms with van der Waals surface area (Å²) in [6.45, 7) is 4.19. The van der Waals surface area contributed by atoms with Crippen molar-refractivity contribution in [1.29, 1.82) is 0 Å². The number of benzene rings is 2. The average molecular weight is 307 g/mol. The van der Waals surface area contributed by atoms with Crippen LogP contribution in [0, 0.1) is 5.82 Å². The second-order valence-electron chi connectivity index (χ2n) is 4.99. The normalized spacial score (nSPS) is 12.9. The number of hydrogen-bond acceptors (Lipinski definition) is 2. The molecule has 0 fully saturated rings. The second-order valence-corrected chi connectivity index (χ2v) is 6.67. The first-order chi connectivity index (χ1) is 9.92. The van der Waals surface area contributed by atoms with Gasteiger partial charge in [0, 0.05) is 5.69 Å².